The van der Waals surface area contributed by atoms with Crippen LogP contribution in [0.15, 0.2) is 24.3 Å². The van der Waals surface area contributed by atoms with E-state index in [-0.39, 0.29) is 6.04 Å². The monoisotopic (exact) mass is 327 g/mol. The Morgan fingerprint density at radius 1 is 0.875 bits per heavy atom. The molecule has 0 aliphatic carbocycles. The highest BCUT2D eigenvalue weighted by Gasteiger charge is 2.27. The van der Waals surface area contributed by atoms with Gasteiger partial charge in [0, 0.05) is 12.1 Å². The molecule has 24 heavy (non-hydrogen) atoms. The molecule has 128 valence electrons. The highest BCUT2D eigenvalue weighted by atomic mass is 16.5. The number of methoxy groups -OCH3 is 3. The molecule has 0 bridgehead atoms. The minimum atomic E-state index is 0.151. The zero-order chi connectivity index (χ0) is 17.3. The number of ether oxygens (including phenoxy) is 3. The van der Waals surface area contributed by atoms with Crippen LogP contribution in [-0.2, 0) is 6.42 Å². The van der Waals surface area contributed by atoms with E-state index < -0.39 is 0 Å². The predicted molar refractivity (Wildman–Crippen MR) is 95.6 cm³/mol. The van der Waals surface area contributed by atoms with E-state index in [2.05, 4.69) is 37.4 Å². The van der Waals surface area contributed by atoms with Crippen molar-refractivity contribution in [2.24, 2.45) is 0 Å². The third-order valence-corrected chi connectivity index (χ3v) is 4.81. The Bertz CT molecular complexity index is 755. The van der Waals surface area contributed by atoms with Gasteiger partial charge in [-0.2, -0.15) is 0 Å². The van der Waals surface area contributed by atoms with E-state index in [4.69, 9.17) is 14.2 Å². The van der Waals surface area contributed by atoms with Gasteiger partial charge in [-0.15, -0.1) is 0 Å². The Balaban J connectivity index is 2.12. The van der Waals surface area contributed by atoms with Crippen molar-refractivity contribution in [2.75, 3.05) is 27.9 Å². The van der Waals surface area contributed by atoms with Gasteiger partial charge in [-0.1, -0.05) is 12.1 Å². The van der Waals surface area contributed by atoms with E-state index in [1.54, 1.807) is 21.3 Å². The first-order valence-electron chi connectivity index (χ1n) is 8.23. The van der Waals surface area contributed by atoms with Crippen molar-refractivity contribution in [3.05, 3.63) is 52.1 Å². The summed E-state index contributed by atoms with van der Waals surface area (Å²) in [7, 11) is 5.10. The van der Waals surface area contributed by atoms with Crippen molar-refractivity contribution in [1.82, 2.24) is 5.32 Å². The first-order valence-corrected chi connectivity index (χ1v) is 8.23. The Morgan fingerprint density at radius 2 is 1.62 bits per heavy atom. The summed E-state index contributed by atoms with van der Waals surface area (Å²) in [4.78, 5) is 0. The molecule has 1 aliphatic heterocycles. The van der Waals surface area contributed by atoms with Crippen LogP contribution in [0.1, 0.15) is 33.9 Å². The second-order valence-corrected chi connectivity index (χ2v) is 6.18. The van der Waals surface area contributed by atoms with Crippen LogP contribution < -0.4 is 19.5 Å². The van der Waals surface area contributed by atoms with Crippen molar-refractivity contribution in [3.63, 3.8) is 0 Å². The highest BCUT2D eigenvalue weighted by molar-refractivity contribution is 5.56. The molecule has 1 aliphatic rings. The summed E-state index contributed by atoms with van der Waals surface area (Å²) in [5, 5.41) is 3.65. The van der Waals surface area contributed by atoms with E-state index in [1.807, 2.05) is 6.07 Å². The molecular formula is C20H25NO3. The lowest BCUT2D eigenvalue weighted by molar-refractivity contribution is 0.348. The average molecular weight is 327 g/mol. The number of hydrogen-bond acceptors (Lipinski definition) is 4. The van der Waals surface area contributed by atoms with E-state index in [0.717, 1.165) is 35.8 Å². The Kier molecular flexibility index (Phi) is 4.67. The van der Waals surface area contributed by atoms with Crippen molar-refractivity contribution >= 4 is 0 Å². The highest BCUT2D eigenvalue weighted by Crippen LogP contribution is 2.41. The third-order valence-electron chi connectivity index (χ3n) is 4.81. The third kappa shape index (κ3) is 2.71. The van der Waals surface area contributed by atoms with Crippen LogP contribution in [0.3, 0.4) is 0 Å². The van der Waals surface area contributed by atoms with Gasteiger partial charge in [-0.25, -0.2) is 0 Å². The van der Waals surface area contributed by atoms with Gasteiger partial charge in [0.2, 0.25) is 0 Å². The minimum Gasteiger partial charge on any atom is -0.496 e. The van der Waals surface area contributed by atoms with Gasteiger partial charge in [0.05, 0.1) is 27.4 Å². The first kappa shape index (κ1) is 16.7. The Hall–Kier alpha value is -2.20. The van der Waals surface area contributed by atoms with E-state index in [9.17, 15) is 0 Å². The van der Waals surface area contributed by atoms with Crippen LogP contribution in [0.25, 0.3) is 0 Å². The van der Waals surface area contributed by atoms with Crippen molar-refractivity contribution in [2.45, 2.75) is 26.3 Å². The van der Waals surface area contributed by atoms with Gasteiger partial charge in [-0.05, 0) is 54.7 Å². The van der Waals surface area contributed by atoms with Gasteiger partial charge in [0.1, 0.15) is 5.75 Å². The van der Waals surface area contributed by atoms with E-state index in [0.29, 0.717) is 0 Å². The second kappa shape index (κ2) is 6.73. The number of aryl methyl sites for hydroxylation is 2. The summed E-state index contributed by atoms with van der Waals surface area (Å²) in [6, 6.07) is 8.62. The molecule has 0 saturated heterocycles. The molecule has 0 spiro atoms. The van der Waals surface area contributed by atoms with Gasteiger partial charge < -0.3 is 19.5 Å². The van der Waals surface area contributed by atoms with Crippen LogP contribution in [0.4, 0.5) is 0 Å². The molecule has 0 fully saturated rings. The van der Waals surface area contributed by atoms with Gasteiger partial charge in [-0.3, -0.25) is 0 Å². The molecule has 0 saturated carbocycles. The number of fused-ring (bicyclic) bond motifs is 1. The zero-order valence-electron chi connectivity index (χ0n) is 15.0. The number of rotatable bonds is 4. The topological polar surface area (TPSA) is 39.7 Å². The lowest BCUT2D eigenvalue weighted by Gasteiger charge is -2.30. The quantitative estimate of drug-likeness (QED) is 0.932. The van der Waals surface area contributed by atoms with Crippen molar-refractivity contribution < 1.29 is 14.2 Å². The molecule has 0 amide bonds. The van der Waals surface area contributed by atoms with Crippen LogP contribution in [0.5, 0.6) is 17.2 Å². The molecule has 3 rings (SSSR count). The molecule has 4 nitrogen and oxygen atoms in total. The summed E-state index contributed by atoms with van der Waals surface area (Å²) in [6.45, 7) is 5.12. The maximum Gasteiger partial charge on any atom is 0.164 e. The molecule has 2 aromatic rings. The van der Waals surface area contributed by atoms with Crippen LogP contribution in [0, 0.1) is 13.8 Å². The summed E-state index contributed by atoms with van der Waals surface area (Å²) in [5.41, 5.74) is 6.13. The molecule has 0 aromatic heterocycles. The number of nitrogens with one attached hydrogen (secondary N) is 1. The first-order chi connectivity index (χ1) is 11.6. The molecule has 2 aromatic carbocycles. The zero-order valence-corrected chi connectivity index (χ0v) is 15.0. The fraction of sp³-hybridized carbons (Fsp3) is 0.400. The van der Waals surface area contributed by atoms with E-state index in [1.165, 1.54) is 22.3 Å². The average Bonchev–Trinajstić information content (AvgIpc) is 2.61. The van der Waals surface area contributed by atoms with Crippen LogP contribution in [-0.4, -0.2) is 27.9 Å². The van der Waals surface area contributed by atoms with E-state index >= 15 is 0 Å². The predicted octanol–water partition coefficient (Wildman–Crippen LogP) is 3.56. The van der Waals surface area contributed by atoms with Crippen LogP contribution in [0.2, 0.25) is 0 Å². The fourth-order valence-electron chi connectivity index (χ4n) is 3.61. The molecular weight excluding hydrogens is 302 g/mol. The van der Waals surface area contributed by atoms with Gasteiger partial charge in [0.25, 0.3) is 0 Å². The smallest absolute Gasteiger partial charge is 0.164 e. The largest absolute Gasteiger partial charge is 0.496 e. The Morgan fingerprint density at radius 3 is 2.29 bits per heavy atom. The lowest BCUT2D eigenvalue weighted by Crippen LogP contribution is -2.31. The van der Waals surface area contributed by atoms with Crippen LogP contribution >= 0.6 is 0 Å². The SMILES string of the molecule is COc1cc(C)c(C2NCCc3c2ccc(OC)c3OC)cc1C. The van der Waals surface area contributed by atoms with Crippen molar-refractivity contribution in [1.29, 1.82) is 0 Å². The standard InChI is InChI=1S/C20H25NO3/c1-12-11-18(23-4)13(2)10-16(12)19-14-6-7-17(22-3)20(24-5)15(14)8-9-21-19/h6-7,10-11,19,21H,8-9H2,1-5H3. The summed E-state index contributed by atoms with van der Waals surface area (Å²) in [5.74, 6) is 2.57. The van der Waals surface area contributed by atoms with Gasteiger partial charge in [0.15, 0.2) is 11.5 Å². The number of benzene rings is 2. The molecule has 0 radical (unpaired) electrons. The molecule has 4 heteroatoms. The molecule has 1 N–H and O–H groups in total. The maximum absolute atomic E-state index is 5.64. The number of hydrogen-bond donors (Lipinski definition) is 1. The molecule has 1 heterocycles. The summed E-state index contributed by atoms with van der Waals surface area (Å²) < 4.78 is 16.5. The molecule has 1 unspecified atom stereocenters. The second-order valence-electron chi connectivity index (χ2n) is 6.18. The lowest BCUT2D eigenvalue weighted by atomic mass is 9.86. The Labute approximate surface area is 143 Å². The minimum absolute atomic E-state index is 0.151. The maximum atomic E-state index is 5.64. The summed E-state index contributed by atoms with van der Waals surface area (Å²) in [6.07, 6.45) is 0.931. The van der Waals surface area contributed by atoms with Gasteiger partial charge >= 0.3 is 0 Å². The fourth-order valence-corrected chi connectivity index (χ4v) is 3.61. The molecule has 1 atom stereocenters. The normalized spacial score (nSPS) is 16.5. The van der Waals surface area contributed by atoms with Crippen molar-refractivity contribution in [3.8, 4) is 17.2 Å². The summed E-state index contributed by atoms with van der Waals surface area (Å²) >= 11 is 0.